The number of nitrogens with zero attached hydrogens (tertiary/aromatic N) is 1. The van der Waals surface area contributed by atoms with Crippen LogP contribution in [0.15, 0.2) is 24.3 Å². The van der Waals surface area contributed by atoms with E-state index >= 15 is 0 Å². The fourth-order valence-electron chi connectivity index (χ4n) is 3.06. The number of carbonyl (C=O) groups excluding carboxylic acids is 1. The maximum atomic E-state index is 13.3. The van der Waals surface area contributed by atoms with E-state index in [0.717, 1.165) is 31.6 Å². The number of anilines is 1. The van der Waals surface area contributed by atoms with Gasteiger partial charge in [0.2, 0.25) is 0 Å². The number of carbonyl (C=O) groups is 1. The molecule has 0 bridgehead atoms. The van der Waals surface area contributed by atoms with Gasteiger partial charge in [-0.15, -0.1) is 0 Å². The Morgan fingerprint density at radius 1 is 1.38 bits per heavy atom. The number of hydrogen-bond donors (Lipinski definition) is 3. The lowest BCUT2D eigenvalue weighted by Crippen LogP contribution is -2.51. The third-order valence-electron chi connectivity index (χ3n) is 4.56. The zero-order valence-corrected chi connectivity index (χ0v) is 14.5. The normalized spacial score (nSPS) is 17.0. The van der Waals surface area contributed by atoms with Crippen molar-refractivity contribution < 1.29 is 14.3 Å². The molecule has 0 saturated carbocycles. The number of urea groups is 1. The minimum atomic E-state index is -0.226. The fourth-order valence-corrected chi connectivity index (χ4v) is 3.06. The summed E-state index contributed by atoms with van der Waals surface area (Å²) in [7, 11) is 0. The molecule has 0 radical (unpaired) electrons. The van der Waals surface area contributed by atoms with Crippen molar-refractivity contribution in [2.75, 3.05) is 24.6 Å². The Morgan fingerprint density at radius 3 is 2.67 bits per heavy atom. The number of rotatable bonds is 6. The molecule has 5 nitrogen and oxygen atoms in total. The Morgan fingerprint density at radius 2 is 2.08 bits per heavy atom. The van der Waals surface area contributed by atoms with Gasteiger partial charge < -0.3 is 20.6 Å². The van der Waals surface area contributed by atoms with E-state index in [1.54, 1.807) is 12.1 Å². The number of aliphatic hydroxyl groups excluding tert-OH is 1. The molecule has 6 heteroatoms. The minimum Gasteiger partial charge on any atom is -0.396 e. The molecule has 1 unspecified atom stereocenters. The summed E-state index contributed by atoms with van der Waals surface area (Å²) in [6.07, 6.45) is 2.22. The van der Waals surface area contributed by atoms with Crippen LogP contribution in [0.2, 0.25) is 0 Å². The Labute approximate surface area is 143 Å². The van der Waals surface area contributed by atoms with E-state index in [0.29, 0.717) is 6.42 Å². The Kier molecular flexibility index (Phi) is 6.85. The number of halogens is 1. The molecule has 134 valence electrons. The van der Waals surface area contributed by atoms with E-state index in [1.165, 1.54) is 6.07 Å². The van der Waals surface area contributed by atoms with E-state index in [4.69, 9.17) is 5.11 Å². The molecule has 3 N–H and O–H groups in total. The highest BCUT2D eigenvalue weighted by Gasteiger charge is 2.22. The van der Waals surface area contributed by atoms with Crippen LogP contribution < -0.4 is 15.5 Å². The minimum absolute atomic E-state index is 0.0256. The van der Waals surface area contributed by atoms with Crippen LogP contribution in [0.25, 0.3) is 0 Å². The molecule has 0 aromatic heterocycles. The van der Waals surface area contributed by atoms with Gasteiger partial charge in [-0.25, -0.2) is 9.18 Å². The van der Waals surface area contributed by atoms with E-state index in [-0.39, 0.29) is 36.5 Å². The molecule has 0 spiro atoms. The highest BCUT2D eigenvalue weighted by molar-refractivity contribution is 5.74. The maximum Gasteiger partial charge on any atom is 0.315 e. The molecular weight excluding hydrogens is 309 g/mol. The van der Waals surface area contributed by atoms with Gasteiger partial charge in [0, 0.05) is 37.5 Å². The summed E-state index contributed by atoms with van der Waals surface area (Å²) in [6, 6.07) is 6.54. The number of benzene rings is 1. The molecule has 1 atom stereocenters. The second-order valence-corrected chi connectivity index (χ2v) is 6.72. The van der Waals surface area contributed by atoms with Crippen molar-refractivity contribution in [3.8, 4) is 0 Å². The van der Waals surface area contributed by atoms with Gasteiger partial charge in [0.15, 0.2) is 0 Å². The van der Waals surface area contributed by atoms with Crippen LogP contribution in [-0.4, -0.2) is 42.9 Å². The molecule has 2 amide bonds. The third-order valence-corrected chi connectivity index (χ3v) is 4.56. The van der Waals surface area contributed by atoms with Gasteiger partial charge in [-0.2, -0.15) is 0 Å². The molecule has 0 aliphatic carbocycles. The Hall–Kier alpha value is -1.82. The molecule has 2 rings (SSSR count). The van der Waals surface area contributed by atoms with Gasteiger partial charge in [-0.3, -0.25) is 0 Å². The quantitative estimate of drug-likeness (QED) is 0.747. The number of nitrogens with one attached hydrogen (secondary N) is 2. The Bertz CT molecular complexity index is 531. The van der Waals surface area contributed by atoms with Crippen molar-refractivity contribution in [3.63, 3.8) is 0 Å². The zero-order valence-electron chi connectivity index (χ0n) is 14.5. The van der Waals surface area contributed by atoms with E-state index in [9.17, 15) is 9.18 Å². The standard InChI is InChI=1S/C18H28FN3O2/c1-13(2)17(8-11-23)21-18(24)20-15-6-9-22(10-7-15)16-5-3-4-14(19)12-16/h3-5,12-13,15,17,23H,6-11H2,1-2H3,(H2,20,21,24). The van der Waals surface area contributed by atoms with E-state index < -0.39 is 0 Å². The molecule has 1 saturated heterocycles. The van der Waals surface area contributed by atoms with Gasteiger partial charge in [0.25, 0.3) is 0 Å². The van der Waals surface area contributed by atoms with Gasteiger partial charge in [0.1, 0.15) is 5.82 Å². The summed E-state index contributed by atoms with van der Waals surface area (Å²) in [5.41, 5.74) is 0.890. The highest BCUT2D eigenvalue weighted by atomic mass is 19.1. The molecule has 24 heavy (non-hydrogen) atoms. The molecule has 1 aromatic rings. The summed E-state index contributed by atoms with van der Waals surface area (Å²) in [5, 5.41) is 15.0. The lowest BCUT2D eigenvalue weighted by atomic mass is 10.0. The molecule has 1 aliphatic heterocycles. The largest absolute Gasteiger partial charge is 0.396 e. The van der Waals surface area contributed by atoms with Crippen molar-refractivity contribution in [1.82, 2.24) is 10.6 Å². The predicted molar refractivity (Wildman–Crippen MR) is 93.6 cm³/mol. The van der Waals surface area contributed by atoms with Crippen LogP contribution in [0.1, 0.15) is 33.1 Å². The van der Waals surface area contributed by atoms with Crippen molar-refractivity contribution in [2.24, 2.45) is 5.92 Å². The molecular formula is C18H28FN3O2. The number of amides is 2. The Balaban J connectivity index is 1.79. The lowest BCUT2D eigenvalue weighted by molar-refractivity contribution is 0.214. The van der Waals surface area contributed by atoms with E-state index in [1.807, 2.05) is 19.9 Å². The summed E-state index contributed by atoms with van der Waals surface area (Å²) in [5.74, 6) is 0.0495. The lowest BCUT2D eigenvalue weighted by Gasteiger charge is -2.34. The first-order valence-electron chi connectivity index (χ1n) is 8.68. The van der Waals surface area contributed by atoms with Gasteiger partial charge in [-0.1, -0.05) is 19.9 Å². The average Bonchev–Trinajstić information content (AvgIpc) is 2.55. The van der Waals surface area contributed by atoms with E-state index in [2.05, 4.69) is 15.5 Å². The first-order valence-corrected chi connectivity index (χ1v) is 8.68. The maximum absolute atomic E-state index is 13.3. The van der Waals surface area contributed by atoms with Crippen LogP contribution in [0, 0.1) is 11.7 Å². The summed E-state index contributed by atoms with van der Waals surface area (Å²) in [6.45, 7) is 5.70. The first-order chi connectivity index (χ1) is 11.5. The topological polar surface area (TPSA) is 64.6 Å². The predicted octanol–water partition coefficient (Wildman–Crippen LogP) is 2.50. The van der Waals surface area contributed by atoms with Crippen molar-refractivity contribution in [2.45, 2.75) is 45.2 Å². The van der Waals surface area contributed by atoms with Crippen LogP contribution in [0.5, 0.6) is 0 Å². The van der Waals surface area contributed by atoms with Gasteiger partial charge in [0.05, 0.1) is 0 Å². The highest BCUT2D eigenvalue weighted by Crippen LogP contribution is 2.20. The SMILES string of the molecule is CC(C)C(CCO)NC(=O)NC1CCN(c2cccc(F)c2)CC1. The summed E-state index contributed by atoms with van der Waals surface area (Å²) >= 11 is 0. The van der Waals surface area contributed by atoms with Crippen LogP contribution in [0.4, 0.5) is 14.9 Å². The van der Waals surface area contributed by atoms with Crippen LogP contribution in [-0.2, 0) is 0 Å². The zero-order chi connectivity index (χ0) is 17.5. The molecule has 1 fully saturated rings. The number of piperidine rings is 1. The van der Waals surface area contributed by atoms with Crippen molar-refractivity contribution >= 4 is 11.7 Å². The first kappa shape index (κ1) is 18.5. The third kappa shape index (κ3) is 5.37. The fraction of sp³-hybridized carbons (Fsp3) is 0.611. The van der Waals surface area contributed by atoms with Gasteiger partial charge in [-0.05, 0) is 43.4 Å². The van der Waals surface area contributed by atoms with Gasteiger partial charge >= 0.3 is 6.03 Å². The summed E-state index contributed by atoms with van der Waals surface area (Å²) < 4.78 is 13.3. The molecule has 1 aromatic carbocycles. The van der Waals surface area contributed by atoms with Crippen molar-refractivity contribution in [3.05, 3.63) is 30.1 Å². The molecule has 1 heterocycles. The number of aliphatic hydroxyl groups is 1. The smallest absolute Gasteiger partial charge is 0.315 e. The second-order valence-electron chi connectivity index (χ2n) is 6.72. The number of hydrogen-bond acceptors (Lipinski definition) is 3. The summed E-state index contributed by atoms with van der Waals surface area (Å²) in [4.78, 5) is 14.3. The molecule has 1 aliphatic rings. The second kappa shape index (κ2) is 8.87. The average molecular weight is 337 g/mol. The van der Waals surface area contributed by atoms with Crippen molar-refractivity contribution in [1.29, 1.82) is 0 Å². The van der Waals surface area contributed by atoms with Crippen LogP contribution >= 0.6 is 0 Å². The van der Waals surface area contributed by atoms with Crippen LogP contribution in [0.3, 0.4) is 0 Å². The monoisotopic (exact) mass is 337 g/mol.